The summed E-state index contributed by atoms with van der Waals surface area (Å²) < 4.78 is 31.3. The van der Waals surface area contributed by atoms with Crippen LogP contribution in [0.4, 0.5) is 8.78 Å². The van der Waals surface area contributed by atoms with Crippen molar-refractivity contribution in [2.45, 2.75) is 39.2 Å². The first-order chi connectivity index (χ1) is 11.2. The van der Waals surface area contributed by atoms with Gasteiger partial charge >= 0.3 is 0 Å². The number of aromatic nitrogens is 2. The van der Waals surface area contributed by atoms with Crippen molar-refractivity contribution in [1.29, 1.82) is 0 Å². The second-order valence-electron chi connectivity index (χ2n) is 6.72. The lowest BCUT2D eigenvalue weighted by molar-refractivity contribution is -0.0679. The second-order valence-corrected chi connectivity index (χ2v) is 7.64. The van der Waals surface area contributed by atoms with Crippen molar-refractivity contribution in [3.8, 4) is 0 Å². The molecule has 124 valence electrons. The lowest BCUT2D eigenvalue weighted by atomic mass is 9.88. The third-order valence-corrected chi connectivity index (χ3v) is 5.74. The maximum absolute atomic E-state index is 14.7. The molecule has 1 aliphatic rings. The maximum Gasteiger partial charge on any atom is 0.298 e. The average molecular weight is 345 g/mol. The number of halogens is 2. The molecule has 0 bridgehead atoms. The number of fused-ring (bicyclic) bond motifs is 2. The first-order valence-corrected chi connectivity index (χ1v) is 8.61. The van der Waals surface area contributed by atoms with Gasteiger partial charge in [-0.25, -0.2) is 4.98 Å². The molecular formula is C18H17F2N3S. The van der Waals surface area contributed by atoms with E-state index in [1.807, 2.05) is 30.5 Å². The zero-order valence-electron chi connectivity index (χ0n) is 13.9. The van der Waals surface area contributed by atoms with Gasteiger partial charge < -0.3 is 0 Å². The predicted molar refractivity (Wildman–Crippen MR) is 93.4 cm³/mol. The first-order valence-electron chi connectivity index (χ1n) is 7.73. The Morgan fingerprint density at radius 2 is 1.88 bits per heavy atom. The van der Waals surface area contributed by atoms with E-state index < -0.39 is 11.5 Å². The summed E-state index contributed by atoms with van der Waals surface area (Å²) in [4.78, 5) is 9.43. The summed E-state index contributed by atoms with van der Waals surface area (Å²) in [5, 5.41) is 1.70. The number of rotatable bonds is 0. The SMILES string of the molecule is Cc1ccc2c(ncn2C2=NC(C)(C)C(F)(F)c3ccsc32)c1C. The van der Waals surface area contributed by atoms with Gasteiger partial charge in [0.1, 0.15) is 11.9 Å². The van der Waals surface area contributed by atoms with Gasteiger partial charge in [-0.1, -0.05) is 6.07 Å². The summed E-state index contributed by atoms with van der Waals surface area (Å²) >= 11 is 1.29. The molecule has 0 unspecified atom stereocenters. The van der Waals surface area contributed by atoms with Crippen LogP contribution in [0, 0.1) is 13.8 Å². The van der Waals surface area contributed by atoms with E-state index in [2.05, 4.69) is 9.98 Å². The van der Waals surface area contributed by atoms with E-state index in [1.165, 1.54) is 31.3 Å². The molecule has 1 aromatic carbocycles. The Kier molecular flexibility index (Phi) is 3.04. The van der Waals surface area contributed by atoms with Gasteiger partial charge in [-0.2, -0.15) is 8.78 Å². The molecular weight excluding hydrogens is 328 g/mol. The second kappa shape index (κ2) is 4.72. The minimum absolute atomic E-state index is 0.0492. The molecule has 3 heterocycles. The Morgan fingerprint density at radius 1 is 1.12 bits per heavy atom. The molecule has 0 saturated carbocycles. The fourth-order valence-electron chi connectivity index (χ4n) is 3.10. The highest BCUT2D eigenvalue weighted by atomic mass is 32.1. The summed E-state index contributed by atoms with van der Waals surface area (Å²) in [6.07, 6.45) is 1.68. The van der Waals surface area contributed by atoms with Crippen molar-refractivity contribution in [2.75, 3.05) is 0 Å². The van der Waals surface area contributed by atoms with Crippen molar-refractivity contribution in [3.63, 3.8) is 0 Å². The van der Waals surface area contributed by atoms with Crippen LogP contribution in [0.2, 0.25) is 0 Å². The Morgan fingerprint density at radius 3 is 2.62 bits per heavy atom. The van der Waals surface area contributed by atoms with Crippen LogP contribution in [-0.4, -0.2) is 20.9 Å². The molecule has 0 N–H and O–H groups in total. The van der Waals surface area contributed by atoms with Crippen molar-refractivity contribution in [3.05, 3.63) is 51.5 Å². The van der Waals surface area contributed by atoms with E-state index in [9.17, 15) is 8.78 Å². The molecule has 6 heteroatoms. The summed E-state index contributed by atoms with van der Waals surface area (Å²) in [5.41, 5.74) is 2.56. The number of aliphatic imine (C=N–C) groups is 1. The van der Waals surface area contributed by atoms with Crippen LogP contribution in [0.25, 0.3) is 11.0 Å². The molecule has 0 amide bonds. The minimum Gasteiger partial charge on any atom is -0.282 e. The van der Waals surface area contributed by atoms with Crippen molar-refractivity contribution >= 4 is 28.2 Å². The van der Waals surface area contributed by atoms with Gasteiger partial charge in [0.2, 0.25) is 0 Å². The van der Waals surface area contributed by atoms with E-state index in [0.29, 0.717) is 10.7 Å². The third kappa shape index (κ3) is 1.86. The van der Waals surface area contributed by atoms with Gasteiger partial charge in [-0.15, -0.1) is 11.3 Å². The van der Waals surface area contributed by atoms with Crippen LogP contribution < -0.4 is 0 Å². The number of imidazole rings is 1. The highest BCUT2D eigenvalue weighted by Gasteiger charge is 2.53. The zero-order chi connectivity index (χ0) is 17.3. The van der Waals surface area contributed by atoms with Crippen LogP contribution in [0.1, 0.15) is 35.4 Å². The molecule has 0 saturated heterocycles. The molecule has 4 rings (SSSR count). The van der Waals surface area contributed by atoms with Crippen LogP contribution in [-0.2, 0) is 5.92 Å². The Hall–Kier alpha value is -2.08. The number of nitrogens with zero attached hydrogens (tertiary/aromatic N) is 3. The highest BCUT2D eigenvalue weighted by molar-refractivity contribution is 7.12. The van der Waals surface area contributed by atoms with Crippen LogP contribution in [0.5, 0.6) is 0 Å². The van der Waals surface area contributed by atoms with Crippen molar-refractivity contribution in [1.82, 2.24) is 9.55 Å². The van der Waals surface area contributed by atoms with E-state index in [0.717, 1.165) is 22.2 Å². The molecule has 0 radical (unpaired) electrons. The Bertz CT molecular complexity index is 995. The summed E-state index contributed by atoms with van der Waals surface area (Å²) in [5.74, 6) is -2.45. The highest BCUT2D eigenvalue weighted by Crippen LogP contribution is 2.47. The van der Waals surface area contributed by atoms with Gasteiger partial charge in [0.25, 0.3) is 5.92 Å². The van der Waals surface area contributed by atoms with E-state index in [4.69, 9.17) is 0 Å². The Labute approximate surface area is 142 Å². The monoisotopic (exact) mass is 345 g/mol. The summed E-state index contributed by atoms with van der Waals surface area (Å²) in [7, 11) is 0. The quantitative estimate of drug-likeness (QED) is 0.570. The van der Waals surface area contributed by atoms with E-state index in [-0.39, 0.29) is 5.56 Å². The summed E-state index contributed by atoms with van der Waals surface area (Å²) in [6.45, 7) is 7.00. The average Bonchev–Trinajstić information content (AvgIpc) is 3.15. The van der Waals surface area contributed by atoms with Crippen molar-refractivity contribution < 1.29 is 8.78 Å². The van der Waals surface area contributed by atoms with Gasteiger partial charge in [0, 0.05) is 5.56 Å². The van der Waals surface area contributed by atoms with Gasteiger partial charge in [-0.3, -0.25) is 9.56 Å². The standard InChI is InChI=1S/C18H17F2N3S/c1-10-5-6-13-14(11(10)2)21-9-23(13)16-15-12(7-8-24-15)18(19,20)17(3,4)22-16/h5-9H,1-4H3. The molecule has 0 fully saturated rings. The fourth-order valence-corrected chi connectivity index (χ4v) is 4.01. The van der Waals surface area contributed by atoms with E-state index >= 15 is 0 Å². The van der Waals surface area contributed by atoms with Gasteiger partial charge in [-0.05, 0) is 56.3 Å². The molecule has 3 nitrogen and oxygen atoms in total. The van der Waals surface area contributed by atoms with Crippen molar-refractivity contribution in [2.24, 2.45) is 4.99 Å². The number of benzene rings is 1. The molecule has 2 aromatic heterocycles. The number of alkyl halides is 2. The summed E-state index contributed by atoms with van der Waals surface area (Å²) in [6, 6.07) is 5.50. The van der Waals surface area contributed by atoms with Gasteiger partial charge in [0.05, 0.1) is 15.9 Å². The topological polar surface area (TPSA) is 30.2 Å². The molecule has 24 heavy (non-hydrogen) atoms. The van der Waals surface area contributed by atoms with E-state index in [1.54, 1.807) is 11.7 Å². The molecule has 0 aliphatic carbocycles. The number of hydrogen-bond acceptors (Lipinski definition) is 3. The molecule has 3 aromatic rings. The lowest BCUT2D eigenvalue weighted by Gasteiger charge is -2.35. The Balaban J connectivity index is 2.01. The van der Waals surface area contributed by atoms with Crippen LogP contribution >= 0.6 is 11.3 Å². The molecule has 0 spiro atoms. The van der Waals surface area contributed by atoms with Crippen LogP contribution in [0.15, 0.2) is 34.9 Å². The number of hydrogen-bond donors (Lipinski definition) is 0. The minimum atomic E-state index is -2.99. The zero-order valence-corrected chi connectivity index (χ0v) is 14.7. The number of thiophene rings is 1. The predicted octanol–water partition coefficient (Wildman–Crippen LogP) is 4.89. The normalized spacial score (nSPS) is 18.5. The van der Waals surface area contributed by atoms with Gasteiger partial charge in [0.15, 0.2) is 5.84 Å². The number of aryl methyl sites for hydroxylation is 2. The third-order valence-electron chi connectivity index (χ3n) is 4.83. The molecule has 0 atom stereocenters. The first kappa shape index (κ1) is 15.4. The van der Waals surface area contributed by atoms with Crippen LogP contribution in [0.3, 0.4) is 0 Å². The molecule has 1 aliphatic heterocycles. The largest absolute Gasteiger partial charge is 0.298 e. The fraction of sp³-hybridized carbons (Fsp3) is 0.333. The maximum atomic E-state index is 14.7. The lowest BCUT2D eigenvalue weighted by Crippen LogP contribution is -2.44. The smallest absolute Gasteiger partial charge is 0.282 e.